The predicted octanol–water partition coefficient (Wildman–Crippen LogP) is 3.09. The van der Waals surface area contributed by atoms with Gasteiger partial charge in [-0.1, -0.05) is 0 Å². The minimum absolute atomic E-state index is 0.0553. The lowest BCUT2D eigenvalue weighted by atomic mass is 9.73. The third-order valence-electron chi connectivity index (χ3n) is 6.03. The first kappa shape index (κ1) is 21.3. The highest BCUT2D eigenvalue weighted by molar-refractivity contribution is 9.10. The second-order valence-electron chi connectivity index (χ2n) is 9.33. The van der Waals surface area contributed by atoms with Gasteiger partial charge in [-0.15, -0.1) is 10.2 Å². The Bertz CT molecular complexity index is 948. The van der Waals surface area contributed by atoms with E-state index in [9.17, 15) is 4.79 Å². The molecule has 2 saturated heterocycles. The molecule has 1 N–H and O–H groups in total. The minimum Gasteiger partial charge on any atom is -0.444 e. The molecule has 4 rings (SSSR count). The van der Waals surface area contributed by atoms with Crippen molar-refractivity contribution in [1.29, 1.82) is 0 Å². The normalized spacial score (nSPS) is 23.9. The molecule has 2 aliphatic rings. The SMILES string of the molecule is Cc1nc(N2CCC3(CC2)COC(C)C3NC(=O)OC(C)(C)C)c2nncn2c1Br. The van der Waals surface area contributed by atoms with Crippen molar-refractivity contribution in [3.63, 3.8) is 0 Å². The molecule has 9 nitrogen and oxygen atoms in total. The highest BCUT2D eigenvalue weighted by Crippen LogP contribution is 2.43. The fourth-order valence-electron chi connectivity index (χ4n) is 4.48. The number of nitrogens with one attached hydrogen (secondary N) is 1. The second kappa shape index (κ2) is 7.64. The van der Waals surface area contributed by atoms with Crippen molar-refractivity contribution >= 4 is 33.5 Å². The summed E-state index contributed by atoms with van der Waals surface area (Å²) >= 11 is 3.56. The summed E-state index contributed by atoms with van der Waals surface area (Å²) in [4.78, 5) is 19.4. The lowest BCUT2D eigenvalue weighted by Crippen LogP contribution is -2.55. The molecule has 0 saturated carbocycles. The molecule has 0 aromatic carbocycles. The van der Waals surface area contributed by atoms with Gasteiger partial charge in [0.1, 0.15) is 16.5 Å². The molecular weight excluding hydrogens is 452 g/mol. The fourth-order valence-corrected chi connectivity index (χ4v) is 4.83. The summed E-state index contributed by atoms with van der Waals surface area (Å²) in [6, 6.07) is -0.0813. The second-order valence-corrected chi connectivity index (χ2v) is 10.1. The zero-order valence-corrected chi connectivity index (χ0v) is 19.7. The molecule has 0 aliphatic carbocycles. The highest BCUT2D eigenvalue weighted by Gasteiger charge is 2.50. The Kier molecular flexibility index (Phi) is 5.42. The van der Waals surface area contributed by atoms with Gasteiger partial charge in [-0.25, -0.2) is 9.78 Å². The van der Waals surface area contributed by atoms with Crippen molar-refractivity contribution < 1.29 is 14.3 Å². The van der Waals surface area contributed by atoms with Gasteiger partial charge in [0.25, 0.3) is 0 Å². The summed E-state index contributed by atoms with van der Waals surface area (Å²) in [5.74, 6) is 0.840. The summed E-state index contributed by atoms with van der Waals surface area (Å²) in [6.45, 7) is 11.8. The summed E-state index contributed by atoms with van der Waals surface area (Å²) in [6.07, 6.45) is 3.02. The summed E-state index contributed by atoms with van der Waals surface area (Å²) < 4.78 is 14.2. The number of hydrogen-bond acceptors (Lipinski definition) is 7. The number of alkyl carbamates (subject to hydrolysis) is 1. The Labute approximate surface area is 184 Å². The van der Waals surface area contributed by atoms with E-state index < -0.39 is 5.60 Å². The Hall–Kier alpha value is -1.94. The molecule has 0 radical (unpaired) electrons. The van der Waals surface area contributed by atoms with Crippen LogP contribution in [0.5, 0.6) is 0 Å². The van der Waals surface area contributed by atoms with Crippen molar-refractivity contribution in [3.05, 3.63) is 16.6 Å². The van der Waals surface area contributed by atoms with E-state index in [1.54, 1.807) is 6.33 Å². The Morgan fingerprint density at radius 1 is 1.37 bits per heavy atom. The zero-order chi connectivity index (χ0) is 21.7. The third-order valence-corrected chi connectivity index (χ3v) is 6.98. The minimum atomic E-state index is -0.530. The number of rotatable bonds is 2. The molecule has 2 aliphatic heterocycles. The molecule has 2 atom stereocenters. The van der Waals surface area contributed by atoms with Crippen molar-refractivity contribution in [2.24, 2.45) is 5.41 Å². The van der Waals surface area contributed by atoms with Crippen LogP contribution in [0.4, 0.5) is 10.6 Å². The van der Waals surface area contributed by atoms with Gasteiger partial charge in [-0.05, 0) is 63.4 Å². The van der Waals surface area contributed by atoms with Crippen LogP contribution in [0.1, 0.15) is 46.2 Å². The van der Waals surface area contributed by atoms with Gasteiger partial charge in [-0.2, -0.15) is 0 Å². The first-order valence-corrected chi connectivity index (χ1v) is 11.1. The van der Waals surface area contributed by atoms with Gasteiger partial charge in [0.2, 0.25) is 5.65 Å². The number of aromatic nitrogens is 4. The maximum atomic E-state index is 12.4. The van der Waals surface area contributed by atoms with Crippen molar-refractivity contribution in [3.8, 4) is 0 Å². The third kappa shape index (κ3) is 3.87. The number of carbonyl (C=O) groups is 1. The highest BCUT2D eigenvalue weighted by atomic mass is 79.9. The van der Waals surface area contributed by atoms with E-state index in [1.807, 2.05) is 39.0 Å². The van der Waals surface area contributed by atoms with E-state index >= 15 is 0 Å². The number of hydrogen-bond donors (Lipinski definition) is 1. The fraction of sp³-hybridized carbons (Fsp3) is 0.700. The predicted molar refractivity (Wildman–Crippen MR) is 116 cm³/mol. The van der Waals surface area contributed by atoms with Crippen LogP contribution in [-0.2, 0) is 9.47 Å². The number of fused-ring (bicyclic) bond motifs is 1. The number of carbonyl (C=O) groups excluding carboxylic acids is 1. The van der Waals surface area contributed by atoms with E-state index in [1.165, 1.54) is 0 Å². The molecule has 2 aromatic rings. The van der Waals surface area contributed by atoms with E-state index in [2.05, 4.69) is 36.3 Å². The first-order valence-electron chi connectivity index (χ1n) is 10.3. The number of amides is 1. The summed E-state index contributed by atoms with van der Waals surface area (Å²) in [7, 11) is 0. The molecule has 1 amide bonds. The molecule has 164 valence electrons. The monoisotopic (exact) mass is 480 g/mol. The number of halogens is 1. The maximum absolute atomic E-state index is 12.4. The van der Waals surface area contributed by atoms with Crippen LogP contribution >= 0.6 is 15.9 Å². The molecule has 0 bridgehead atoms. The van der Waals surface area contributed by atoms with Gasteiger partial charge < -0.3 is 19.7 Å². The summed E-state index contributed by atoms with van der Waals surface area (Å²) in [5.41, 5.74) is 0.988. The molecule has 1 spiro atoms. The summed E-state index contributed by atoms with van der Waals surface area (Å²) in [5, 5.41) is 11.4. The largest absolute Gasteiger partial charge is 0.444 e. The van der Waals surface area contributed by atoms with E-state index in [0.717, 1.165) is 47.7 Å². The van der Waals surface area contributed by atoms with Crippen LogP contribution in [0.3, 0.4) is 0 Å². The van der Waals surface area contributed by atoms with E-state index in [0.29, 0.717) is 6.61 Å². The molecule has 4 heterocycles. The number of ether oxygens (including phenoxy) is 2. The van der Waals surface area contributed by atoms with Crippen LogP contribution in [-0.4, -0.2) is 63.1 Å². The lowest BCUT2D eigenvalue weighted by molar-refractivity contribution is 0.0434. The first-order chi connectivity index (χ1) is 14.1. The zero-order valence-electron chi connectivity index (χ0n) is 18.1. The number of aryl methyl sites for hydroxylation is 1. The van der Waals surface area contributed by atoms with Crippen LogP contribution < -0.4 is 10.2 Å². The Morgan fingerprint density at radius 2 is 2.07 bits per heavy atom. The Balaban J connectivity index is 1.51. The van der Waals surface area contributed by atoms with Crippen molar-refractivity contribution in [2.45, 2.75) is 65.2 Å². The van der Waals surface area contributed by atoms with Gasteiger partial charge >= 0.3 is 6.09 Å². The molecular formula is C20H29BrN6O3. The Morgan fingerprint density at radius 3 is 2.73 bits per heavy atom. The average molecular weight is 481 g/mol. The van der Waals surface area contributed by atoms with E-state index in [4.69, 9.17) is 14.5 Å². The van der Waals surface area contributed by atoms with E-state index in [-0.39, 0.29) is 23.7 Å². The lowest BCUT2D eigenvalue weighted by Gasteiger charge is -2.43. The van der Waals surface area contributed by atoms with Gasteiger partial charge in [0.15, 0.2) is 5.82 Å². The van der Waals surface area contributed by atoms with Crippen LogP contribution in [0.25, 0.3) is 5.65 Å². The topological polar surface area (TPSA) is 93.9 Å². The van der Waals surface area contributed by atoms with Crippen LogP contribution in [0, 0.1) is 12.3 Å². The molecule has 2 fully saturated rings. The molecule has 10 heteroatoms. The van der Waals surface area contributed by atoms with Gasteiger partial charge in [0, 0.05) is 18.5 Å². The number of nitrogens with zero attached hydrogens (tertiary/aromatic N) is 5. The smallest absolute Gasteiger partial charge is 0.407 e. The van der Waals surface area contributed by atoms with Crippen LogP contribution in [0.2, 0.25) is 0 Å². The van der Waals surface area contributed by atoms with Crippen molar-refractivity contribution in [1.82, 2.24) is 24.9 Å². The standard InChI is InChI=1S/C20H29BrN6O3/c1-12-15(21)27-11-22-25-17(27)16(23-12)26-8-6-20(7-9-26)10-29-13(2)14(20)24-18(28)30-19(3,4)5/h11,13-14H,6-10H2,1-5H3,(H,24,28). The maximum Gasteiger partial charge on any atom is 0.407 e. The molecule has 30 heavy (non-hydrogen) atoms. The van der Waals surface area contributed by atoms with Crippen molar-refractivity contribution in [2.75, 3.05) is 24.6 Å². The van der Waals surface area contributed by atoms with Gasteiger partial charge in [0.05, 0.1) is 24.4 Å². The van der Waals surface area contributed by atoms with Crippen LogP contribution in [0.15, 0.2) is 10.9 Å². The van der Waals surface area contributed by atoms with Gasteiger partial charge in [-0.3, -0.25) is 4.40 Å². The number of anilines is 1. The quantitative estimate of drug-likeness (QED) is 0.705. The molecule has 2 unspecified atom stereocenters. The molecule has 2 aromatic heterocycles. The average Bonchev–Trinajstić information content (AvgIpc) is 3.26. The number of piperidine rings is 1.